The van der Waals surface area contributed by atoms with Crippen LogP contribution in [-0.4, -0.2) is 47.8 Å². The minimum atomic E-state index is -0.476. The van der Waals surface area contributed by atoms with Crippen molar-refractivity contribution in [2.75, 3.05) is 42.3 Å². The summed E-state index contributed by atoms with van der Waals surface area (Å²) < 4.78 is 5.58. The number of anilines is 4. The van der Waals surface area contributed by atoms with Crippen LogP contribution in [0.25, 0.3) is 11.3 Å². The van der Waals surface area contributed by atoms with Gasteiger partial charge in [-0.3, -0.25) is 4.79 Å². The summed E-state index contributed by atoms with van der Waals surface area (Å²) in [5.41, 5.74) is 5.74. The van der Waals surface area contributed by atoms with Crippen molar-refractivity contribution in [1.82, 2.24) is 9.97 Å². The smallest absolute Gasteiger partial charge is 0.227 e. The molecule has 1 atom stereocenters. The van der Waals surface area contributed by atoms with Crippen LogP contribution in [0, 0.1) is 11.3 Å². The largest absolute Gasteiger partial charge is 0.494 e. The van der Waals surface area contributed by atoms with Crippen LogP contribution in [0.4, 0.5) is 23.0 Å². The van der Waals surface area contributed by atoms with Crippen LogP contribution in [0.1, 0.15) is 30.5 Å². The Morgan fingerprint density at radius 1 is 1.37 bits per heavy atom. The molecule has 0 fully saturated rings. The second-order valence-corrected chi connectivity index (χ2v) is 9.12. The van der Waals surface area contributed by atoms with Crippen LogP contribution in [0.5, 0.6) is 5.75 Å². The molecule has 0 saturated carbocycles. The minimum absolute atomic E-state index is 0.00104. The summed E-state index contributed by atoms with van der Waals surface area (Å²) in [6.45, 7) is 4.70. The van der Waals surface area contributed by atoms with Crippen molar-refractivity contribution in [2.24, 2.45) is 0 Å². The molecule has 35 heavy (non-hydrogen) atoms. The van der Waals surface area contributed by atoms with Crippen molar-refractivity contribution >= 4 is 28.9 Å². The molecule has 9 heteroatoms. The molecule has 0 bridgehead atoms. The van der Waals surface area contributed by atoms with E-state index in [1.54, 1.807) is 37.3 Å². The maximum atomic E-state index is 11.9. The van der Waals surface area contributed by atoms with Gasteiger partial charge in [-0.15, -0.1) is 0 Å². The molecular weight excluding hydrogens is 444 g/mol. The Balaban J connectivity index is 1.51. The second-order valence-electron chi connectivity index (χ2n) is 9.12. The number of nitrogens with zero attached hydrogens (tertiary/aromatic N) is 4. The topological polar surface area (TPSA) is 123 Å². The maximum absolute atomic E-state index is 11.9. The van der Waals surface area contributed by atoms with Crippen LogP contribution < -0.4 is 20.3 Å². The van der Waals surface area contributed by atoms with Crippen molar-refractivity contribution in [2.45, 2.75) is 25.7 Å². The predicted octanol–water partition coefficient (Wildman–Crippen LogP) is 3.35. The SMILES string of the molecule is COc1cc2c(cc1Nc1nccc(-c3cc(C#N)c4c(c3)C(C)(CO)CN4)n1)CCN2C(C)=O. The molecule has 2 aromatic carbocycles. The number of benzene rings is 2. The number of aliphatic hydroxyl groups excluding tert-OH is 1. The molecule has 9 nitrogen and oxygen atoms in total. The van der Waals surface area contributed by atoms with Crippen molar-refractivity contribution in [3.63, 3.8) is 0 Å². The van der Waals surface area contributed by atoms with Gasteiger partial charge in [-0.2, -0.15) is 5.26 Å². The molecule has 1 amide bonds. The first-order valence-electron chi connectivity index (χ1n) is 11.4. The van der Waals surface area contributed by atoms with Gasteiger partial charge in [0.2, 0.25) is 11.9 Å². The predicted molar refractivity (Wildman–Crippen MR) is 133 cm³/mol. The number of nitriles is 1. The first kappa shape index (κ1) is 22.6. The van der Waals surface area contributed by atoms with Crippen LogP contribution in [-0.2, 0) is 16.6 Å². The number of rotatable bonds is 5. The summed E-state index contributed by atoms with van der Waals surface area (Å²) in [4.78, 5) is 22.8. The zero-order chi connectivity index (χ0) is 24.7. The second kappa shape index (κ2) is 8.56. The Kier molecular flexibility index (Phi) is 5.53. The number of amides is 1. The van der Waals surface area contributed by atoms with Crippen LogP contribution in [0.15, 0.2) is 36.5 Å². The van der Waals surface area contributed by atoms with Crippen molar-refractivity contribution < 1.29 is 14.6 Å². The number of methoxy groups -OCH3 is 1. The normalized spacial score (nSPS) is 17.9. The van der Waals surface area contributed by atoms with Gasteiger partial charge in [-0.25, -0.2) is 9.97 Å². The summed E-state index contributed by atoms with van der Waals surface area (Å²) in [6.07, 6.45) is 2.42. The molecule has 5 rings (SSSR count). The zero-order valence-corrected chi connectivity index (χ0v) is 19.8. The summed E-state index contributed by atoms with van der Waals surface area (Å²) in [7, 11) is 1.58. The molecule has 0 spiro atoms. The number of carbonyl (C=O) groups excluding carboxylic acids is 1. The highest BCUT2D eigenvalue weighted by atomic mass is 16.5. The van der Waals surface area contributed by atoms with E-state index in [1.807, 2.05) is 25.1 Å². The summed E-state index contributed by atoms with van der Waals surface area (Å²) in [5.74, 6) is 0.963. The molecular formula is C26H26N6O3. The molecule has 3 aromatic rings. The van der Waals surface area contributed by atoms with Crippen molar-refractivity contribution in [3.8, 4) is 23.1 Å². The van der Waals surface area contributed by atoms with Crippen molar-refractivity contribution in [3.05, 3.63) is 53.2 Å². The fraction of sp³-hybridized carbons (Fsp3) is 0.308. The Morgan fingerprint density at radius 2 is 2.20 bits per heavy atom. The number of fused-ring (bicyclic) bond motifs is 2. The van der Waals surface area contributed by atoms with Gasteiger partial charge in [0.1, 0.15) is 11.8 Å². The lowest BCUT2D eigenvalue weighted by Gasteiger charge is -2.21. The fourth-order valence-electron chi connectivity index (χ4n) is 4.78. The highest BCUT2D eigenvalue weighted by Gasteiger charge is 2.36. The summed E-state index contributed by atoms with van der Waals surface area (Å²) in [6, 6.07) is 11.6. The third kappa shape index (κ3) is 3.82. The molecule has 3 heterocycles. The number of carbonyl (C=O) groups is 1. The molecule has 178 valence electrons. The lowest BCUT2D eigenvalue weighted by molar-refractivity contribution is -0.116. The number of aromatic nitrogens is 2. The van der Waals surface area contributed by atoms with Gasteiger partial charge in [0.25, 0.3) is 0 Å². The van der Waals surface area contributed by atoms with Crippen LogP contribution in [0.3, 0.4) is 0 Å². The van der Waals surface area contributed by atoms with Gasteiger partial charge in [-0.05, 0) is 41.8 Å². The molecule has 0 radical (unpaired) electrons. The molecule has 2 aliphatic rings. The van der Waals surface area contributed by atoms with E-state index in [4.69, 9.17) is 9.72 Å². The Hall–Kier alpha value is -4.16. The lowest BCUT2D eigenvalue weighted by Crippen LogP contribution is -2.28. The van der Waals surface area contributed by atoms with Gasteiger partial charge in [0, 0.05) is 43.3 Å². The molecule has 1 unspecified atom stereocenters. The minimum Gasteiger partial charge on any atom is -0.494 e. The number of nitrogens with one attached hydrogen (secondary N) is 2. The Morgan fingerprint density at radius 3 is 2.91 bits per heavy atom. The first-order valence-corrected chi connectivity index (χ1v) is 11.4. The highest BCUT2D eigenvalue weighted by molar-refractivity contribution is 5.95. The Labute approximate surface area is 203 Å². The van der Waals surface area contributed by atoms with E-state index < -0.39 is 5.41 Å². The molecule has 0 aliphatic carbocycles. The third-order valence-electron chi connectivity index (χ3n) is 6.79. The monoisotopic (exact) mass is 470 g/mol. The van der Waals surface area contributed by atoms with E-state index in [1.165, 1.54) is 0 Å². The quantitative estimate of drug-likeness (QED) is 0.519. The number of hydrogen-bond donors (Lipinski definition) is 3. The van der Waals surface area contributed by atoms with E-state index in [0.29, 0.717) is 41.7 Å². The van der Waals surface area contributed by atoms with Gasteiger partial charge >= 0.3 is 0 Å². The van der Waals surface area contributed by atoms with Crippen LogP contribution >= 0.6 is 0 Å². The van der Waals surface area contributed by atoms with Gasteiger partial charge in [-0.1, -0.05) is 6.92 Å². The van der Waals surface area contributed by atoms with E-state index in [0.717, 1.165) is 34.5 Å². The third-order valence-corrected chi connectivity index (χ3v) is 6.79. The standard InChI is InChI=1S/C26H26N6O3/c1-15(34)32-7-5-16-10-21(23(35-3)11-22(16)32)31-25-28-6-4-20(30-25)17-8-18(12-27)24-19(9-17)26(2,14-33)13-29-24/h4,6,8-11,29,33H,5,7,13-14H2,1-3H3,(H,28,30,31). The summed E-state index contributed by atoms with van der Waals surface area (Å²) in [5, 5.41) is 26.2. The van der Waals surface area contributed by atoms with E-state index in [2.05, 4.69) is 21.7 Å². The number of hydrogen-bond acceptors (Lipinski definition) is 8. The molecule has 2 aliphatic heterocycles. The van der Waals surface area contributed by atoms with Gasteiger partial charge in [0.05, 0.1) is 42.0 Å². The number of aliphatic hydroxyl groups is 1. The Bertz CT molecular complexity index is 1380. The average Bonchev–Trinajstić information content (AvgIpc) is 3.44. The van der Waals surface area contributed by atoms with Crippen LogP contribution in [0.2, 0.25) is 0 Å². The molecule has 0 saturated heterocycles. The van der Waals surface area contributed by atoms with Crippen molar-refractivity contribution in [1.29, 1.82) is 5.26 Å². The maximum Gasteiger partial charge on any atom is 0.227 e. The van der Waals surface area contributed by atoms with Gasteiger partial charge < -0.3 is 25.4 Å². The lowest BCUT2D eigenvalue weighted by atomic mass is 9.83. The molecule has 3 N–H and O–H groups in total. The summed E-state index contributed by atoms with van der Waals surface area (Å²) >= 11 is 0. The average molecular weight is 471 g/mol. The highest BCUT2D eigenvalue weighted by Crippen LogP contribution is 2.41. The zero-order valence-electron chi connectivity index (χ0n) is 19.8. The van der Waals surface area contributed by atoms with E-state index >= 15 is 0 Å². The first-order chi connectivity index (χ1) is 16.9. The van der Waals surface area contributed by atoms with E-state index in [-0.39, 0.29) is 12.5 Å². The van der Waals surface area contributed by atoms with E-state index in [9.17, 15) is 15.2 Å². The molecule has 1 aromatic heterocycles. The van der Waals surface area contributed by atoms with Gasteiger partial charge in [0.15, 0.2) is 0 Å². The number of ether oxygens (including phenoxy) is 1. The fourth-order valence-corrected chi connectivity index (χ4v) is 4.78.